The molecule has 3 aliphatic rings. The predicted octanol–water partition coefficient (Wildman–Crippen LogP) is 0.307. The second-order valence-corrected chi connectivity index (χ2v) is 3.51. The van der Waals surface area contributed by atoms with E-state index in [1.165, 1.54) is 6.42 Å². The summed E-state index contributed by atoms with van der Waals surface area (Å²) in [5.41, 5.74) is 0. The van der Waals surface area contributed by atoms with Crippen LogP contribution in [0.2, 0.25) is 0 Å². The summed E-state index contributed by atoms with van der Waals surface area (Å²) in [6.07, 6.45) is 5.68. The van der Waals surface area contributed by atoms with E-state index in [-0.39, 0.29) is 5.91 Å². The molecule has 1 N–H and O–H groups in total. The Bertz CT molecular complexity index is 233. The van der Waals surface area contributed by atoms with Gasteiger partial charge in [0.25, 0.3) is 0 Å². The molecule has 3 rings (SSSR count). The number of hydrogen-bond acceptors (Lipinski definition) is 1. The number of amides is 1. The Morgan fingerprint density at radius 1 is 1.40 bits per heavy atom. The van der Waals surface area contributed by atoms with Gasteiger partial charge < -0.3 is 5.32 Å². The van der Waals surface area contributed by atoms with Gasteiger partial charge in [0.05, 0.1) is 5.92 Å². The smallest absolute Gasteiger partial charge is 0.226 e. The summed E-state index contributed by atoms with van der Waals surface area (Å²) in [4.78, 5) is 11.0. The molecule has 2 heteroatoms. The highest BCUT2D eigenvalue weighted by atomic mass is 16.2. The summed E-state index contributed by atoms with van der Waals surface area (Å²) < 4.78 is 0. The number of rotatable bonds is 0. The van der Waals surface area contributed by atoms with Crippen molar-refractivity contribution < 1.29 is 4.79 Å². The molecule has 2 bridgehead atoms. The Morgan fingerprint density at radius 2 is 2.20 bits per heavy atom. The van der Waals surface area contributed by atoms with E-state index in [9.17, 15) is 4.79 Å². The minimum Gasteiger partial charge on any atom is -0.352 e. The fraction of sp³-hybridized carbons (Fsp3) is 0.625. The third-order valence-corrected chi connectivity index (χ3v) is 3.07. The molecule has 2 fully saturated rings. The molecule has 4 atom stereocenters. The second-order valence-electron chi connectivity index (χ2n) is 3.51. The third-order valence-electron chi connectivity index (χ3n) is 3.07. The van der Waals surface area contributed by atoms with Crippen molar-refractivity contribution in [2.24, 2.45) is 17.8 Å². The summed E-state index contributed by atoms with van der Waals surface area (Å²) in [5.74, 6) is 1.90. The molecule has 10 heavy (non-hydrogen) atoms. The van der Waals surface area contributed by atoms with Gasteiger partial charge in [-0.25, -0.2) is 0 Å². The van der Waals surface area contributed by atoms with E-state index in [4.69, 9.17) is 0 Å². The molecule has 0 spiro atoms. The van der Waals surface area contributed by atoms with Gasteiger partial charge in [-0.3, -0.25) is 4.79 Å². The Balaban J connectivity index is 2.03. The van der Waals surface area contributed by atoms with E-state index < -0.39 is 0 Å². The highest BCUT2D eigenvalue weighted by molar-refractivity contribution is 5.87. The van der Waals surface area contributed by atoms with Crippen molar-refractivity contribution in [1.82, 2.24) is 5.32 Å². The number of carbonyl (C=O) groups excluding carboxylic acids is 1. The van der Waals surface area contributed by atoms with E-state index in [2.05, 4.69) is 17.5 Å². The van der Waals surface area contributed by atoms with Gasteiger partial charge in [-0.1, -0.05) is 12.2 Å². The average Bonchev–Trinajstić information content (AvgIpc) is 2.40. The maximum atomic E-state index is 11.0. The van der Waals surface area contributed by atoms with Crippen molar-refractivity contribution in [3.8, 4) is 0 Å². The fourth-order valence-corrected chi connectivity index (χ4v) is 2.54. The van der Waals surface area contributed by atoms with Crippen LogP contribution in [0.25, 0.3) is 0 Å². The van der Waals surface area contributed by atoms with E-state index in [0.29, 0.717) is 23.8 Å². The quantitative estimate of drug-likeness (QED) is 0.376. The lowest BCUT2D eigenvalue weighted by atomic mass is 9.82. The summed E-state index contributed by atoms with van der Waals surface area (Å²) in [5, 5.41) is 2.95. The maximum Gasteiger partial charge on any atom is 0.226 e. The number of allylic oxidation sites excluding steroid dienone is 1. The van der Waals surface area contributed by atoms with Crippen LogP contribution in [0.5, 0.6) is 0 Å². The van der Waals surface area contributed by atoms with Crippen LogP contribution in [-0.2, 0) is 4.79 Å². The molecular weight excluding hydrogens is 126 g/mol. The molecule has 2 aliphatic carbocycles. The minimum atomic E-state index is 0.279. The zero-order valence-electron chi connectivity index (χ0n) is 5.58. The van der Waals surface area contributed by atoms with Crippen molar-refractivity contribution in [2.75, 3.05) is 0 Å². The first-order valence-corrected chi connectivity index (χ1v) is 3.85. The standard InChI is InChI=1S/C8H9NO/c10-8-6-4-1-2-5(3-4)7(6)9-8/h1-2,4-7H,3H2,(H,9,10)/t4-,5-,6-,7-/m0/s1. The molecule has 1 aliphatic heterocycles. The van der Waals surface area contributed by atoms with Gasteiger partial charge in [0.15, 0.2) is 0 Å². The first-order valence-electron chi connectivity index (χ1n) is 3.85. The van der Waals surface area contributed by atoms with Crippen LogP contribution in [0, 0.1) is 17.8 Å². The first-order chi connectivity index (χ1) is 4.86. The molecule has 0 aromatic rings. The van der Waals surface area contributed by atoms with Gasteiger partial charge >= 0.3 is 0 Å². The monoisotopic (exact) mass is 135 g/mol. The van der Waals surface area contributed by atoms with Crippen LogP contribution >= 0.6 is 0 Å². The molecule has 0 radical (unpaired) electrons. The SMILES string of the molecule is O=C1N[C@@H]2[C@@H]1[C@H]1C=C[C@H]2C1. The number of carbonyl (C=O) groups is 1. The van der Waals surface area contributed by atoms with Crippen molar-refractivity contribution in [1.29, 1.82) is 0 Å². The molecule has 0 unspecified atom stereocenters. The molecule has 1 saturated heterocycles. The van der Waals surface area contributed by atoms with Gasteiger partial charge in [-0.2, -0.15) is 0 Å². The number of β-lactam (4-membered cyclic amide) rings is 1. The lowest BCUT2D eigenvalue weighted by Crippen LogP contribution is -2.59. The van der Waals surface area contributed by atoms with Crippen LogP contribution in [0.1, 0.15) is 6.42 Å². The predicted molar refractivity (Wildman–Crippen MR) is 36.2 cm³/mol. The molecule has 1 amide bonds. The van der Waals surface area contributed by atoms with E-state index in [1.54, 1.807) is 0 Å². The normalized spacial score (nSPS) is 54.2. The molecule has 52 valence electrons. The van der Waals surface area contributed by atoms with Crippen molar-refractivity contribution >= 4 is 5.91 Å². The van der Waals surface area contributed by atoms with Gasteiger partial charge in [-0.15, -0.1) is 0 Å². The third kappa shape index (κ3) is 0.349. The van der Waals surface area contributed by atoms with Gasteiger partial charge in [0.2, 0.25) is 5.91 Å². The molecule has 0 aromatic heterocycles. The van der Waals surface area contributed by atoms with Crippen molar-refractivity contribution in [3.05, 3.63) is 12.2 Å². The average molecular weight is 135 g/mol. The lowest BCUT2D eigenvalue weighted by Gasteiger charge is -2.37. The summed E-state index contributed by atoms with van der Waals surface area (Å²) in [6.45, 7) is 0. The lowest BCUT2D eigenvalue weighted by molar-refractivity contribution is -0.135. The molecule has 1 saturated carbocycles. The number of nitrogens with one attached hydrogen (secondary N) is 1. The number of hydrogen-bond donors (Lipinski definition) is 1. The summed E-state index contributed by atoms with van der Waals surface area (Å²) in [7, 11) is 0. The van der Waals surface area contributed by atoms with Gasteiger partial charge in [0, 0.05) is 6.04 Å². The van der Waals surface area contributed by atoms with E-state index >= 15 is 0 Å². The zero-order valence-corrected chi connectivity index (χ0v) is 5.58. The van der Waals surface area contributed by atoms with Crippen LogP contribution in [0.15, 0.2) is 12.2 Å². The molecular formula is C8H9NO. The summed E-state index contributed by atoms with van der Waals surface area (Å²) >= 11 is 0. The highest BCUT2D eigenvalue weighted by Crippen LogP contribution is 2.47. The largest absolute Gasteiger partial charge is 0.352 e. The van der Waals surface area contributed by atoms with Crippen LogP contribution in [0.3, 0.4) is 0 Å². The first kappa shape index (κ1) is 4.94. The number of fused-ring (bicyclic) bond motifs is 5. The zero-order chi connectivity index (χ0) is 6.72. The Labute approximate surface area is 59.3 Å². The van der Waals surface area contributed by atoms with E-state index in [1.807, 2.05) is 0 Å². The Hall–Kier alpha value is -0.790. The van der Waals surface area contributed by atoms with Crippen LogP contribution in [-0.4, -0.2) is 11.9 Å². The van der Waals surface area contributed by atoms with Gasteiger partial charge in [0.1, 0.15) is 0 Å². The maximum absolute atomic E-state index is 11.0. The second kappa shape index (κ2) is 1.29. The van der Waals surface area contributed by atoms with E-state index in [0.717, 1.165) is 0 Å². The topological polar surface area (TPSA) is 29.1 Å². The Kier molecular flexibility index (Phi) is 0.636. The van der Waals surface area contributed by atoms with Crippen LogP contribution < -0.4 is 5.32 Å². The highest BCUT2D eigenvalue weighted by Gasteiger charge is 2.54. The molecule has 1 heterocycles. The summed E-state index contributed by atoms with van der Waals surface area (Å²) in [6, 6.07) is 0.516. The van der Waals surface area contributed by atoms with Crippen LogP contribution in [0.4, 0.5) is 0 Å². The molecule has 0 aromatic carbocycles. The minimum absolute atomic E-state index is 0.279. The fourth-order valence-electron chi connectivity index (χ4n) is 2.54. The Morgan fingerprint density at radius 3 is 2.80 bits per heavy atom. The van der Waals surface area contributed by atoms with Crippen molar-refractivity contribution in [3.63, 3.8) is 0 Å². The van der Waals surface area contributed by atoms with Gasteiger partial charge in [-0.05, 0) is 18.3 Å². The van der Waals surface area contributed by atoms with Crippen molar-refractivity contribution in [2.45, 2.75) is 12.5 Å². The molecule has 2 nitrogen and oxygen atoms in total.